The van der Waals surface area contributed by atoms with Crippen LogP contribution >= 0.6 is 11.6 Å². The van der Waals surface area contributed by atoms with E-state index in [-0.39, 0.29) is 17.3 Å². The molecule has 1 aromatic carbocycles. The molecular formula is C13H17ClN2O3. The Hall–Kier alpha value is -1.75. The molecule has 0 saturated heterocycles. The molecular weight excluding hydrogens is 268 g/mol. The van der Waals surface area contributed by atoms with Crippen LogP contribution in [0.15, 0.2) is 18.2 Å². The van der Waals surface area contributed by atoms with Crippen LogP contribution < -0.4 is 10.6 Å². The maximum absolute atomic E-state index is 11.7. The molecule has 3 N–H and O–H groups in total. The molecule has 1 rings (SSSR count). The molecule has 0 unspecified atom stereocenters. The van der Waals surface area contributed by atoms with Crippen molar-refractivity contribution < 1.29 is 14.7 Å². The van der Waals surface area contributed by atoms with Crippen molar-refractivity contribution >= 4 is 29.3 Å². The Labute approximate surface area is 117 Å². The number of hydrogen-bond acceptors (Lipinski definition) is 2. The number of urea groups is 1. The molecule has 0 aliphatic heterocycles. The molecule has 0 aliphatic rings. The number of nitrogens with one attached hydrogen (secondary N) is 2. The van der Waals surface area contributed by atoms with Crippen LogP contribution in [0.4, 0.5) is 10.5 Å². The van der Waals surface area contributed by atoms with Gasteiger partial charge in [0.25, 0.3) is 0 Å². The smallest absolute Gasteiger partial charge is 0.335 e. The third kappa shape index (κ3) is 4.44. The summed E-state index contributed by atoms with van der Waals surface area (Å²) in [7, 11) is 0. The van der Waals surface area contributed by atoms with E-state index < -0.39 is 12.0 Å². The molecule has 0 fully saturated rings. The van der Waals surface area contributed by atoms with Gasteiger partial charge >= 0.3 is 12.0 Å². The number of benzene rings is 1. The van der Waals surface area contributed by atoms with Gasteiger partial charge in [-0.15, -0.1) is 0 Å². The first-order valence-electron chi connectivity index (χ1n) is 6.08. The van der Waals surface area contributed by atoms with Crippen LogP contribution in [-0.4, -0.2) is 23.1 Å². The van der Waals surface area contributed by atoms with Crippen molar-refractivity contribution in [3.63, 3.8) is 0 Å². The van der Waals surface area contributed by atoms with Crippen LogP contribution in [0.2, 0.25) is 5.02 Å². The second-order valence-corrected chi connectivity index (χ2v) is 4.52. The number of halogens is 1. The van der Waals surface area contributed by atoms with E-state index in [1.165, 1.54) is 18.2 Å². The summed E-state index contributed by atoms with van der Waals surface area (Å²) in [6, 6.07) is 3.85. The molecule has 19 heavy (non-hydrogen) atoms. The van der Waals surface area contributed by atoms with Gasteiger partial charge in [-0.2, -0.15) is 0 Å². The van der Waals surface area contributed by atoms with E-state index in [4.69, 9.17) is 16.7 Å². The highest BCUT2D eigenvalue weighted by Gasteiger charge is 2.12. The van der Waals surface area contributed by atoms with Crippen molar-refractivity contribution in [1.29, 1.82) is 0 Å². The molecule has 0 spiro atoms. The fraction of sp³-hybridized carbons (Fsp3) is 0.385. The standard InChI is InChI=1S/C13H17ClN2O3/c1-3-9(4-2)15-13(19)16-11-7-8(12(17)18)5-6-10(11)14/h5-7,9H,3-4H2,1-2H3,(H,17,18)(H2,15,16,19). The third-order valence-electron chi connectivity index (χ3n) is 2.78. The number of carbonyl (C=O) groups is 2. The van der Waals surface area contributed by atoms with Gasteiger partial charge in [0.2, 0.25) is 0 Å². The maximum Gasteiger partial charge on any atom is 0.335 e. The lowest BCUT2D eigenvalue weighted by molar-refractivity contribution is 0.0697. The number of rotatable bonds is 5. The van der Waals surface area contributed by atoms with Crippen molar-refractivity contribution in [3.05, 3.63) is 28.8 Å². The van der Waals surface area contributed by atoms with E-state index in [9.17, 15) is 9.59 Å². The molecule has 2 amide bonds. The first kappa shape index (κ1) is 15.3. The monoisotopic (exact) mass is 284 g/mol. The highest BCUT2D eigenvalue weighted by molar-refractivity contribution is 6.33. The number of anilines is 1. The summed E-state index contributed by atoms with van der Waals surface area (Å²) in [5, 5.41) is 14.5. The number of carboxylic acid groups (broad SMARTS) is 1. The molecule has 6 heteroatoms. The normalized spacial score (nSPS) is 10.3. The molecule has 0 aliphatic carbocycles. The van der Waals surface area contributed by atoms with Crippen LogP contribution in [0.5, 0.6) is 0 Å². The number of hydrogen-bond donors (Lipinski definition) is 3. The van der Waals surface area contributed by atoms with Gasteiger partial charge < -0.3 is 15.7 Å². The minimum absolute atomic E-state index is 0.0715. The van der Waals surface area contributed by atoms with Crippen molar-refractivity contribution in [2.45, 2.75) is 32.7 Å². The summed E-state index contributed by atoms with van der Waals surface area (Å²) >= 11 is 5.91. The minimum atomic E-state index is -1.07. The average molecular weight is 285 g/mol. The molecule has 104 valence electrons. The third-order valence-corrected chi connectivity index (χ3v) is 3.11. The first-order valence-corrected chi connectivity index (χ1v) is 6.46. The topological polar surface area (TPSA) is 78.4 Å². The zero-order chi connectivity index (χ0) is 14.4. The lowest BCUT2D eigenvalue weighted by atomic mass is 10.2. The number of carbonyl (C=O) groups excluding carboxylic acids is 1. The van der Waals surface area contributed by atoms with Gasteiger partial charge in [0.05, 0.1) is 16.3 Å². The first-order chi connectivity index (χ1) is 8.97. The van der Waals surface area contributed by atoms with Gasteiger partial charge in [-0.3, -0.25) is 0 Å². The number of carboxylic acids is 1. The van der Waals surface area contributed by atoms with Crippen molar-refractivity contribution in [2.24, 2.45) is 0 Å². The van der Waals surface area contributed by atoms with E-state index in [2.05, 4.69) is 10.6 Å². The SMILES string of the molecule is CCC(CC)NC(=O)Nc1cc(C(=O)O)ccc1Cl. The lowest BCUT2D eigenvalue weighted by Crippen LogP contribution is -2.37. The lowest BCUT2D eigenvalue weighted by Gasteiger charge is -2.16. The van der Waals surface area contributed by atoms with E-state index in [1.807, 2.05) is 13.8 Å². The minimum Gasteiger partial charge on any atom is -0.478 e. The highest BCUT2D eigenvalue weighted by Crippen LogP contribution is 2.23. The molecule has 0 saturated carbocycles. The maximum atomic E-state index is 11.7. The van der Waals surface area contributed by atoms with Crippen LogP contribution in [0, 0.1) is 0 Å². The van der Waals surface area contributed by atoms with E-state index in [0.29, 0.717) is 5.02 Å². The zero-order valence-corrected chi connectivity index (χ0v) is 11.6. The fourth-order valence-corrected chi connectivity index (χ4v) is 1.76. The molecule has 0 radical (unpaired) electrons. The Morgan fingerprint density at radius 3 is 2.47 bits per heavy atom. The van der Waals surface area contributed by atoms with Crippen LogP contribution in [-0.2, 0) is 0 Å². The second kappa shape index (κ2) is 6.99. The van der Waals surface area contributed by atoms with Gasteiger partial charge in [0.1, 0.15) is 0 Å². The van der Waals surface area contributed by atoms with Gasteiger partial charge in [-0.25, -0.2) is 9.59 Å². The molecule has 5 nitrogen and oxygen atoms in total. The summed E-state index contributed by atoms with van der Waals surface area (Å²) in [6.45, 7) is 3.96. The predicted octanol–water partition coefficient (Wildman–Crippen LogP) is 3.35. The van der Waals surface area contributed by atoms with Crippen LogP contribution in [0.3, 0.4) is 0 Å². The Balaban J connectivity index is 2.78. The molecule has 0 aromatic heterocycles. The van der Waals surface area contributed by atoms with Gasteiger partial charge in [0.15, 0.2) is 0 Å². The summed E-state index contributed by atoms with van der Waals surface area (Å²) in [4.78, 5) is 22.6. The van der Waals surface area contributed by atoms with E-state index in [1.54, 1.807) is 0 Å². The summed E-state index contributed by atoms with van der Waals surface area (Å²) in [6.07, 6.45) is 1.65. The quantitative estimate of drug-likeness (QED) is 0.776. The Kier molecular flexibility index (Phi) is 5.63. The van der Waals surface area contributed by atoms with Gasteiger partial charge in [-0.05, 0) is 31.0 Å². The predicted molar refractivity (Wildman–Crippen MR) is 74.9 cm³/mol. The Morgan fingerprint density at radius 2 is 1.95 bits per heavy atom. The molecule has 0 heterocycles. The summed E-state index contributed by atoms with van der Waals surface area (Å²) in [5.74, 6) is -1.07. The fourth-order valence-electron chi connectivity index (χ4n) is 1.59. The largest absolute Gasteiger partial charge is 0.478 e. The van der Waals surface area contributed by atoms with Crippen molar-refractivity contribution in [3.8, 4) is 0 Å². The average Bonchev–Trinajstić information content (AvgIpc) is 2.38. The van der Waals surface area contributed by atoms with E-state index >= 15 is 0 Å². The van der Waals surface area contributed by atoms with Crippen molar-refractivity contribution in [1.82, 2.24) is 5.32 Å². The number of aromatic carboxylic acids is 1. The van der Waals surface area contributed by atoms with Gasteiger partial charge in [-0.1, -0.05) is 25.4 Å². The Morgan fingerprint density at radius 1 is 1.32 bits per heavy atom. The van der Waals surface area contributed by atoms with E-state index in [0.717, 1.165) is 12.8 Å². The number of amides is 2. The highest BCUT2D eigenvalue weighted by atomic mass is 35.5. The summed E-state index contributed by atoms with van der Waals surface area (Å²) < 4.78 is 0. The molecule has 0 atom stereocenters. The second-order valence-electron chi connectivity index (χ2n) is 4.11. The zero-order valence-electron chi connectivity index (χ0n) is 10.9. The van der Waals surface area contributed by atoms with Crippen LogP contribution in [0.1, 0.15) is 37.0 Å². The van der Waals surface area contributed by atoms with Gasteiger partial charge in [0, 0.05) is 6.04 Å². The Bertz CT molecular complexity index is 473. The molecule has 0 bridgehead atoms. The van der Waals surface area contributed by atoms with Crippen molar-refractivity contribution in [2.75, 3.05) is 5.32 Å². The van der Waals surface area contributed by atoms with Crippen LogP contribution in [0.25, 0.3) is 0 Å². The molecule has 1 aromatic rings. The summed E-state index contributed by atoms with van der Waals surface area (Å²) in [5.41, 5.74) is 0.354.